The van der Waals surface area contributed by atoms with Crippen LogP contribution in [0.2, 0.25) is 0 Å². The summed E-state index contributed by atoms with van der Waals surface area (Å²) in [6, 6.07) is 0.575. The van der Waals surface area contributed by atoms with Gasteiger partial charge >= 0.3 is 0 Å². The Balaban J connectivity index is 2.66. The topological polar surface area (TPSA) is 16.1 Å². The van der Waals surface area contributed by atoms with E-state index < -0.39 is 0 Å². The molecule has 1 aromatic heterocycles. The third kappa shape index (κ3) is 4.98. The van der Waals surface area contributed by atoms with Crippen molar-refractivity contribution in [3.8, 4) is 0 Å². The Hall–Kier alpha value is 0.0700. The van der Waals surface area contributed by atoms with E-state index >= 15 is 0 Å². The zero-order valence-corrected chi connectivity index (χ0v) is 14.6. The van der Waals surface area contributed by atoms with Crippen molar-refractivity contribution < 1.29 is 0 Å². The van der Waals surface area contributed by atoms with Crippen molar-refractivity contribution in [2.24, 2.45) is 0 Å². The van der Waals surface area contributed by atoms with Crippen LogP contribution in [0.4, 0.5) is 0 Å². The van der Waals surface area contributed by atoms with Crippen LogP contribution in [0.15, 0.2) is 5.38 Å². The van der Waals surface area contributed by atoms with Crippen LogP contribution < -0.4 is 0 Å². The zero-order valence-electron chi connectivity index (χ0n) is 12.2. The van der Waals surface area contributed by atoms with E-state index in [9.17, 15) is 0 Å². The third-order valence-corrected chi connectivity index (χ3v) is 4.36. The maximum Gasteiger partial charge on any atom is 0.107 e. The highest BCUT2D eigenvalue weighted by molar-refractivity contribution is 9.09. The highest BCUT2D eigenvalue weighted by atomic mass is 79.9. The van der Waals surface area contributed by atoms with E-state index in [-0.39, 0.29) is 5.41 Å². The largest absolute Gasteiger partial charge is 0.294 e. The summed E-state index contributed by atoms with van der Waals surface area (Å²) in [6.45, 7) is 13.3. The molecular formula is C14H25BrN2S. The molecule has 0 N–H and O–H groups in total. The fourth-order valence-electron chi connectivity index (χ4n) is 1.68. The predicted molar refractivity (Wildman–Crippen MR) is 84.8 cm³/mol. The van der Waals surface area contributed by atoms with Gasteiger partial charge in [0.05, 0.1) is 12.2 Å². The zero-order chi connectivity index (χ0) is 13.8. The first-order valence-corrected chi connectivity index (χ1v) is 8.59. The molecule has 0 saturated heterocycles. The molecule has 0 aliphatic heterocycles. The van der Waals surface area contributed by atoms with Crippen molar-refractivity contribution in [3.63, 3.8) is 0 Å². The lowest BCUT2D eigenvalue weighted by molar-refractivity contribution is 0.213. The molecule has 0 aliphatic rings. The van der Waals surface area contributed by atoms with Gasteiger partial charge in [-0.1, -0.05) is 36.7 Å². The molecule has 104 valence electrons. The van der Waals surface area contributed by atoms with E-state index in [0.717, 1.165) is 18.4 Å². The Labute approximate surface area is 124 Å². The van der Waals surface area contributed by atoms with Gasteiger partial charge in [-0.2, -0.15) is 0 Å². The van der Waals surface area contributed by atoms with Gasteiger partial charge in [0.15, 0.2) is 0 Å². The first kappa shape index (κ1) is 16.1. The average molecular weight is 333 g/mol. The lowest BCUT2D eigenvalue weighted by Gasteiger charge is -2.25. The van der Waals surface area contributed by atoms with Crippen LogP contribution in [0, 0.1) is 0 Å². The summed E-state index contributed by atoms with van der Waals surface area (Å²) in [5.74, 6) is 0. The minimum atomic E-state index is 0.160. The molecule has 1 heterocycles. The van der Waals surface area contributed by atoms with Gasteiger partial charge in [-0.05, 0) is 26.8 Å². The molecular weight excluding hydrogens is 308 g/mol. The number of hydrogen-bond acceptors (Lipinski definition) is 3. The minimum Gasteiger partial charge on any atom is -0.294 e. The molecule has 0 saturated carbocycles. The lowest BCUT2D eigenvalue weighted by Crippen LogP contribution is -2.31. The van der Waals surface area contributed by atoms with Crippen LogP contribution in [0.3, 0.4) is 0 Å². The summed E-state index contributed by atoms with van der Waals surface area (Å²) in [7, 11) is 0. The molecule has 18 heavy (non-hydrogen) atoms. The molecule has 1 rings (SSSR count). The molecule has 0 atom stereocenters. The Kier molecular flexibility index (Phi) is 6.28. The highest BCUT2D eigenvalue weighted by Gasteiger charge is 2.18. The second kappa shape index (κ2) is 7.01. The molecule has 0 amide bonds. The highest BCUT2D eigenvalue weighted by Crippen LogP contribution is 2.24. The fraction of sp³-hybridized carbons (Fsp3) is 0.786. The Morgan fingerprint density at radius 1 is 1.39 bits per heavy atom. The minimum absolute atomic E-state index is 0.160. The second-order valence-corrected chi connectivity index (χ2v) is 7.72. The van der Waals surface area contributed by atoms with Gasteiger partial charge in [-0.3, -0.25) is 4.90 Å². The molecule has 0 spiro atoms. The standard InChI is InChI=1S/C14H25BrN2S/c1-11(2)17(8-6-7-15)9-13-16-12(10-18-13)14(3,4)5/h10-11H,6-9H2,1-5H3. The molecule has 0 aromatic carbocycles. The van der Waals surface area contributed by atoms with Gasteiger partial charge in [0.25, 0.3) is 0 Å². The number of thiazole rings is 1. The number of alkyl halides is 1. The van der Waals surface area contributed by atoms with Gasteiger partial charge in [-0.25, -0.2) is 4.98 Å². The van der Waals surface area contributed by atoms with Crippen molar-refractivity contribution >= 4 is 27.3 Å². The Bertz CT molecular complexity index is 355. The van der Waals surface area contributed by atoms with Gasteiger partial charge in [0.2, 0.25) is 0 Å². The quantitative estimate of drug-likeness (QED) is 0.716. The van der Waals surface area contributed by atoms with Gasteiger partial charge in [-0.15, -0.1) is 11.3 Å². The van der Waals surface area contributed by atoms with Gasteiger partial charge in [0, 0.05) is 22.2 Å². The van der Waals surface area contributed by atoms with E-state index in [1.54, 1.807) is 11.3 Å². The van der Waals surface area contributed by atoms with Crippen LogP contribution in [0.25, 0.3) is 0 Å². The Morgan fingerprint density at radius 2 is 2.06 bits per heavy atom. The monoisotopic (exact) mass is 332 g/mol. The molecule has 0 aliphatic carbocycles. The van der Waals surface area contributed by atoms with Crippen LogP contribution in [-0.2, 0) is 12.0 Å². The van der Waals surface area contributed by atoms with Crippen molar-refractivity contribution in [2.45, 2.75) is 59.0 Å². The molecule has 2 nitrogen and oxygen atoms in total. The number of rotatable bonds is 6. The van der Waals surface area contributed by atoms with Crippen LogP contribution >= 0.6 is 27.3 Å². The van der Waals surface area contributed by atoms with E-state index in [2.05, 4.69) is 60.8 Å². The average Bonchev–Trinajstić information content (AvgIpc) is 2.71. The van der Waals surface area contributed by atoms with E-state index in [4.69, 9.17) is 4.98 Å². The summed E-state index contributed by atoms with van der Waals surface area (Å²) in [5.41, 5.74) is 1.37. The van der Waals surface area contributed by atoms with Crippen LogP contribution in [-0.4, -0.2) is 27.8 Å². The summed E-state index contributed by atoms with van der Waals surface area (Å²) < 4.78 is 0. The summed E-state index contributed by atoms with van der Waals surface area (Å²) >= 11 is 5.29. The van der Waals surface area contributed by atoms with E-state index in [0.29, 0.717) is 6.04 Å². The van der Waals surface area contributed by atoms with Crippen molar-refractivity contribution in [1.29, 1.82) is 0 Å². The summed E-state index contributed by atoms with van der Waals surface area (Å²) in [6.07, 6.45) is 1.19. The molecule has 0 radical (unpaired) electrons. The van der Waals surface area contributed by atoms with Gasteiger partial charge < -0.3 is 0 Å². The maximum absolute atomic E-state index is 4.78. The number of hydrogen-bond donors (Lipinski definition) is 0. The summed E-state index contributed by atoms with van der Waals surface area (Å²) in [4.78, 5) is 7.27. The first-order valence-electron chi connectivity index (χ1n) is 6.59. The fourth-order valence-corrected chi connectivity index (χ4v) is 2.98. The van der Waals surface area contributed by atoms with E-state index in [1.165, 1.54) is 17.1 Å². The van der Waals surface area contributed by atoms with Crippen molar-refractivity contribution in [1.82, 2.24) is 9.88 Å². The molecule has 0 unspecified atom stereocenters. The van der Waals surface area contributed by atoms with Gasteiger partial charge in [0.1, 0.15) is 5.01 Å². The molecule has 1 aromatic rings. The number of aromatic nitrogens is 1. The maximum atomic E-state index is 4.78. The van der Waals surface area contributed by atoms with Crippen LogP contribution in [0.5, 0.6) is 0 Å². The number of nitrogens with zero attached hydrogens (tertiary/aromatic N) is 2. The number of halogens is 1. The normalized spacial score (nSPS) is 12.7. The van der Waals surface area contributed by atoms with Crippen molar-refractivity contribution in [2.75, 3.05) is 11.9 Å². The Morgan fingerprint density at radius 3 is 2.50 bits per heavy atom. The second-order valence-electron chi connectivity index (χ2n) is 5.98. The predicted octanol–water partition coefficient (Wildman–Crippen LogP) is 4.44. The SMILES string of the molecule is CC(C)N(CCCBr)Cc1nc(C(C)(C)C)cs1. The lowest BCUT2D eigenvalue weighted by atomic mass is 9.93. The van der Waals surface area contributed by atoms with Crippen molar-refractivity contribution in [3.05, 3.63) is 16.1 Å². The van der Waals surface area contributed by atoms with E-state index in [1.807, 2.05) is 0 Å². The smallest absolute Gasteiger partial charge is 0.107 e. The summed E-state index contributed by atoms with van der Waals surface area (Å²) in [5, 5.41) is 4.52. The molecule has 0 fully saturated rings. The van der Waals surface area contributed by atoms with Crippen LogP contribution in [0.1, 0.15) is 51.7 Å². The molecule has 4 heteroatoms. The molecule has 0 bridgehead atoms. The third-order valence-electron chi connectivity index (χ3n) is 2.97. The first-order chi connectivity index (χ1) is 8.34.